The number of halogens is 1. The summed E-state index contributed by atoms with van der Waals surface area (Å²) in [5, 5.41) is 5.13. The van der Waals surface area contributed by atoms with Crippen LogP contribution in [0.25, 0.3) is 0 Å². The van der Waals surface area contributed by atoms with Crippen molar-refractivity contribution in [2.24, 2.45) is 5.14 Å². The first-order valence-corrected chi connectivity index (χ1v) is 11.8. The molecular formula is C18H20FN3O6S2. The number of anilines is 1. The molecule has 0 atom stereocenters. The van der Waals surface area contributed by atoms with Gasteiger partial charge in [0.2, 0.25) is 20.0 Å². The van der Waals surface area contributed by atoms with Gasteiger partial charge < -0.3 is 9.64 Å². The fourth-order valence-electron chi connectivity index (χ4n) is 3.20. The molecule has 30 heavy (non-hydrogen) atoms. The maximum absolute atomic E-state index is 14.0. The van der Waals surface area contributed by atoms with Gasteiger partial charge in [-0.15, -0.1) is 0 Å². The van der Waals surface area contributed by atoms with Crippen molar-refractivity contribution in [1.82, 2.24) is 4.31 Å². The van der Waals surface area contributed by atoms with Crippen molar-refractivity contribution in [2.45, 2.75) is 9.79 Å². The Kier molecular flexibility index (Phi) is 6.13. The molecule has 2 N–H and O–H groups in total. The minimum atomic E-state index is -4.03. The number of nitrogens with zero attached hydrogens (tertiary/aromatic N) is 2. The molecule has 0 saturated carbocycles. The predicted octanol–water partition coefficient (Wildman–Crippen LogP) is 0.771. The molecule has 0 bridgehead atoms. The van der Waals surface area contributed by atoms with E-state index in [1.165, 1.54) is 34.6 Å². The normalized spacial score (nSPS) is 15.8. The highest BCUT2D eigenvalue weighted by Crippen LogP contribution is 2.27. The standard InChI is InChI=1S/C18H20FN3O6S2/c1-28-18(23)14-12-13(29(20,24)25)6-7-16(14)21-8-10-22(11-9-21)30(26,27)17-5-3-2-4-15(17)19/h2-7,12H,8-11H2,1H3,(H2,20,24,25). The van der Waals surface area contributed by atoms with Gasteiger partial charge in [-0.05, 0) is 30.3 Å². The zero-order valence-electron chi connectivity index (χ0n) is 16.0. The van der Waals surface area contributed by atoms with Gasteiger partial charge in [-0.3, -0.25) is 0 Å². The van der Waals surface area contributed by atoms with Crippen LogP contribution >= 0.6 is 0 Å². The van der Waals surface area contributed by atoms with Crippen LogP contribution in [0.3, 0.4) is 0 Å². The van der Waals surface area contributed by atoms with Gasteiger partial charge in [-0.1, -0.05) is 12.1 Å². The van der Waals surface area contributed by atoms with Gasteiger partial charge in [-0.2, -0.15) is 4.31 Å². The molecule has 1 fully saturated rings. The summed E-state index contributed by atoms with van der Waals surface area (Å²) >= 11 is 0. The van der Waals surface area contributed by atoms with Crippen LogP contribution in [-0.4, -0.2) is 60.4 Å². The molecule has 0 aliphatic carbocycles. The molecule has 2 aromatic carbocycles. The number of methoxy groups -OCH3 is 1. The third-order valence-electron chi connectivity index (χ3n) is 4.74. The maximum Gasteiger partial charge on any atom is 0.340 e. The van der Waals surface area contributed by atoms with Crippen LogP contribution in [0.15, 0.2) is 52.3 Å². The average molecular weight is 458 g/mol. The van der Waals surface area contributed by atoms with Crippen LogP contribution in [0.1, 0.15) is 10.4 Å². The van der Waals surface area contributed by atoms with Gasteiger partial charge in [-0.25, -0.2) is 31.2 Å². The van der Waals surface area contributed by atoms with E-state index < -0.39 is 36.7 Å². The molecule has 2 aromatic rings. The number of esters is 1. The smallest absolute Gasteiger partial charge is 0.340 e. The Hall–Kier alpha value is -2.54. The zero-order valence-corrected chi connectivity index (χ0v) is 17.6. The van der Waals surface area contributed by atoms with Crippen molar-refractivity contribution < 1.29 is 30.8 Å². The van der Waals surface area contributed by atoms with Gasteiger partial charge in [0.1, 0.15) is 10.7 Å². The fourth-order valence-corrected chi connectivity index (χ4v) is 5.23. The molecule has 1 saturated heterocycles. The van der Waals surface area contributed by atoms with Crippen LogP contribution in [0.4, 0.5) is 10.1 Å². The number of ether oxygens (including phenoxy) is 1. The van der Waals surface area contributed by atoms with Gasteiger partial charge in [0.25, 0.3) is 0 Å². The molecule has 1 aliphatic heterocycles. The molecule has 12 heteroatoms. The van der Waals surface area contributed by atoms with Crippen LogP contribution in [0.2, 0.25) is 0 Å². The lowest BCUT2D eigenvalue weighted by atomic mass is 10.1. The Balaban J connectivity index is 1.86. The first-order chi connectivity index (χ1) is 14.1. The number of nitrogens with two attached hydrogens (primary N) is 1. The second kappa shape index (κ2) is 8.30. The molecule has 0 unspecified atom stereocenters. The van der Waals surface area contributed by atoms with Crippen LogP contribution < -0.4 is 10.0 Å². The number of primary sulfonamides is 1. The Morgan fingerprint density at radius 1 is 1.03 bits per heavy atom. The molecule has 0 spiro atoms. The second-order valence-electron chi connectivity index (χ2n) is 6.54. The largest absolute Gasteiger partial charge is 0.465 e. The van der Waals surface area contributed by atoms with Crippen molar-refractivity contribution in [2.75, 3.05) is 38.2 Å². The summed E-state index contributed by atoms with van der Waals surface area (Å²) < 4.78 is 68.6. The van der Waals surface area contributed by atoms with E-state index in [0.29, 0.717) is 5.69 Å². The van der Waals surface area contributed by atoms with Gasteiger partial charge in [0.15, 0.2) is 0 Å². The van der Waals surface area contributed by atoms with E-state index in [-0.39, 0.29) is 36.6 Å². The maximum atomic E-state index is 14.0. The van der Waals surface area contributed by atoms with Gasteiger partial charge in [0, 0.05) is 26.2 Å². The number of benzene rings is 2. The number of rotatable bonds is 5. The van der Waals surface area contributed by atoms with Gasteiger partial charge in [0.05, 0.1) is 23.3 Å². The molecule has 9 nitrogen and oxygen atoms in total. The van der Waals surface area contributed by atoms with Crippen molar-refractivity contribution in [3.05, 3.63) is 53.8 Å². The number of hydrogen-bond acceptors (Lipinski definition) is 7. The van der Waals surface area contributed by atoms with Crippen molar-refractivity contribution in [3.63, 3.8) is 0 Å². The lowest BCUT2D eigenvalue weighted by Crippen LogP contribution is -2.49. The first-order valence-electron chi connectivity index (χ1n) is 8.80. The summed E-state index contributed by atoms with van der Waals surface area (Å²) in [6, 6.07) is 8.95. The number of hydrogen-bond donors (Lipinski definition) is 1. The predicted molar refractivity (Wildman–Crippen MR) is 107 cm³/mol. The average Bonchev–Trinajstić information content (AvgIpc) is 2.72. The van der Waals surface area contributed by atoms with Crippen LogP contribution in [0, 0.1) is 5.82 Å². The molecule has 0 radical (unpaired) electrons. The van der Waals surface area contributed by atoms with Crippen molar-refractivity contribution >= 4 is 31.7 Å². The fraction of sp³-hybridized carbons (Fsp3) is 0.278. The van der Waals surface area contributed by atoms with E-state index in [9.17, 15) is 26.0 Å². The number of carbonyl (C=O) groups excluding carboxylic acids is 1. The van der Waals surface area contributed by atoms with E-state index in [1.807, 2.05) is 0 Å². The lowest BCUT2D eigenvalue weighted by molar-refractivity contribution is 0.0601. The highest BCUT2D eigenvalue weighted by atomic mass is 32.2. The van der Waals surface area contributed by atoms with E-state index >= 15 is 0 Å². The number of piperazine rings is 1. The summed E-state index contributed by atoms with van der Waals surface area (Å²) in [6.45, 7) is 0.501. The third-order valence-corrected chi connectivity index (χ3v) is 7.58. The summed E-state index contributed by atoms with van der Waals surface area (Å²) in [5.41, 5.74) is 0.381. The van der Waals surface area contributed by atoms with Crippen LogP contribution in [0.5, 0.6) is 0 Å². The van der Waals surface area contributed by atoms with Crippen molar-refractivity contribution in [1.29, 1.82) is 0 Å². The quantitative estimate of drug-likeness (QED) is 0.657. The molecule has 3 rings (SSSR count). The monoisotopic (exact) mass is 457 g/mol. The highest BCUT2D eigenvalue weighted by Gasteiger charge is 2.31. The minimum Gasteiger partial charge on any atom is -0.465 e. The number of sulfonamides is 2. The Morgan fingerprint density at radius 3 is 2.23 bits per heavy atom. The molecule has 1 aliphatic rings. The lowest BCUT2D eigenvalue weighted by Gasteiger charge is -2.36. The molecule has 162 valence electrons. The SMILES string of the molecule is COC(=O)c1cc(S(N)(=O)=O)ccc1N1CCN(S(=O)(=O)c2ccccc2F)CC1. The summed E-state index contributed by atoms with van der Waals surface area (Å²) in [5.74, 6) is -1.58. The van der Waals surface area contributed by atoms with E-state index in [2.05, 4.69) is 0 Å². The van der Waals surface area contributed by atoms with E-state index in [4.69, 9.17) is 9.88 Å². The van der Waals surface area contributed by atoms with E-state index in [0.717, 1.165) is 19.2 Å². The first kappa shape index (κ1) is 22.2. The molecule has 0 aromatic heterocycles. The summed E-state index contributed by atoms with van der Waals surface area (Å²) in [6.07, 6.45) is 0. The highest BCUT2D eigenvalue weighted by molar-refractivity contribution is 7.89. The van der Waals surface area contributed by atoms with E-state index in [1.54, 1.807) is 4.90 Å². The Morgan fingerprint density at radius 2 is 1.67 bits per heavy atom. The molecule has 0 amide bonds. The Bertz CT molecular complexity index is 1180. The second-order valence-corrected chi connectivity index (χ2v) is 10.0. The summed E-state index contributed by atoms with van der Waals surface area (Å²) in [7, 11) is -6.88. The molecular weight excluding hydrogens is 437 g/mol. The van der Waals surface area contributed by atoms with Crippen LogP contribution in [-0.2, 0) is 24.8 Å². The minimum absolute atomic E-state index is 0.00515. The van der Waals surface area contributed by atoms with Gasteiger partial charge >= 0.3 is 5.97 Å². The number of carbonyl (C=O) groups is 1. The topological polar surface area (TPSA) is 127 Å². The Labute approximate surface area is 173 Å². The third kappa shape index (κ3) is 4.31. The molecule has 1 heterocycles. The van der Waals surface area contributed by atoms with Crippen molar-refractivity contribution in [3.8, 4) is 0 Å². The summed E-state index contributed by atoms with van der Waals surface area (Å²) in [4.78, 5) is 13.3. The zero-order chi connectivity index (χ0) is 22.1.